The molecule has 0 aliphatic heterocycles. The maximum atomic E-state index is 13.7. The zero-order valence-electron chi connectivity index (χ0n) is 15.6. The van der Waals surface area contributed by atoms with Crippen LogP contribution in [0.15, 0.2) is 42.5 Å². The predicted molar refractivity (Wildman–Crippen MR) is 101 cm³/mol. The van der Waals surface area contributed by atoms with E-state index in [0.29, 0.717) is 23.2 Å². The third-order valence-corrected chi connectivity index (χ3v) is 4.05. The Labute approximate surface area is 164 Å². The van der Waals surface area contributed by atoms with E-state index in [9.17, 15) is 18.4 Å². The largest absolute Gasteiger partial charge is 0.495 e. The molecule has 0 unspecified atom stereocenters. The van der Waals surface area contributed by atoms with E-state index in [1.807, 2.05) is 0 Å². The van der Waals surface area contributed by atoms with Gasteiger partial charge in [-0.05, 0) is 31.2 Å². The van der Waals surface area contributed by atoms with Crippen molar-refractivity contribution in [3.05, 3.63) is 65.5 Å². The second-order valence-electron chi connectivity index (χ2n) is 6.01. The minimum absolute atomic E-state index is 0.0247. The summed E-state index contributed by atoms with van der Waals surface area (Å²) in [5, 5.41) is 12.6. The fourth-order valence-corrected chi connectivity index (χ4v) is 2.57. The number of nitrogens with one attached hydrogen (secondary N) is 2. The number of hydrogen-bond donors (Lipinski definition) is 2. The van der Waals surface area contributed by atoms with Gasteiger partial charge < -0.3 is 15.4 Å². The number of benzene rings is 2. The van der Waals surface area contributed by atoms with Gasteiger partial charge >= 0.3 is 0 Å². The van der Waals surface area contributed by atoms with E-state index in [1.165, 1.54) is 11.8 Å². The summed E-state index contributed by atoms with van der Waals surface area (Å²) in [5.74, 6) is -2.31. The third kappa shape index (κ3) is 4.54. The normalized spacial score (nSPS) is 10.5. The van der Waals surface area contributed by atoms with Gasteiger partial charge in [0.2, 0.25) is 5.91 Å². The van der Waals surface area contributed by atoms with Crippen LogP contribution in [-0.2, 0) is 11.3 Å². The molecule has 0 radical (unpaired) electrons. The summed E-state index contributed by atoms with van der Waals surface area (Å²) < 4.78 is 33.0. The lowest BCUT2D eigenvalue weighted by atomic mass is 10.2. The van der Waals surface area contributed by atoms with Gasteiger partial charge in [-0.25, -0.2) is 13.5 Å². The molecule has 0 aliphatic carbocycles. The van der Waals surface area contributed by atoms with Crippen molar-refractivity contribution >= 4 is 23.2 Å². The highest BCUT2D eigenvalue weighted by molar-refractivity contribution is 6.04. The lowest BCUT2D eigenvalue weighted by molar-refractivity contribution is -0.117. The molecule has 3 aromatic rings. The fourth-order valence-electron chi connectivity index (χ4n) is 2.57. The first-order valence-electron chi connectivity index (χ1n) is 8.48. The van der Waals surface area contributed by atoms with Crippen molar-refractivity contribution in [1.29, 1.82) is 0 Å². The average Bonchev–Trinajstić information content (AvgIpc) is 3.05. The second kappa shape index (κ2) is 8.46. The summed E-state index contributed by atoms with van der Waals surface area (Å²) in [6.45, 7) is 1.26. The van der Waals surface area contributed by atoms with Crippen LogP contribution in [0.25, 0.3) is 0 Å². The highest BCUT2D eigenvalue weighted by Gasteiger charge is 2.19. The zero-order chi connectivity index (χ0) is 21.0. The molecule has 0 saturated heterocycles. The first-order chi connectivity index (χ1) is 13.9. The van der Waals surface area contributed by atoms with Crippen LogP contribution in [0.4, 0.5) is 20.2 Å². The van der Waals surface area contributed by atoms with Crippen LogP contribution >= 0.6 is 0 Å². The molecule has 150 valence electrons. The lowest BCUT2D eigenvalue weighted by Crippen LogP contribution is -2.21. The molecule has 3 rings (SSSR count). The van der Waals surface area contributed by atoms with Gasteiger partial charge in [0.25, 0.3) is 5.91 Å². The number of hydrogen-bond acceptors (Lipinski definition) is 5. The monoisotopic (exact) mass is 401 g/mol. The number of amides is 2. The van der Waals surface area contributed by atoms with E-state index in [1.54, 1.807) is 31.2 Å². The van der Waals surface area contributed by atoms with Crippen LogP contribution < -0.4 is 15.4 Å². The molecule has 2 amide bonds. The van der Waals surface area contributed by atoms with Crippen LogP contribution in [0.5, 0.6) is 5.75 Å². The lowest BCUT2D eigenvalue weighted by Gasteiger charge is -2.09. The smallest absolute Gasteiger partial charge is 0.278 e. The SMILES string of the molecule is COc1ccccc1NC(=O)c1nnn(CC(=O)Nc2ccc(F)cc2F)c1C. The number of ether oxygens (including phenoxy) is 1. The number of rotatable bonds is 6. The Balaban J connectivity index is 1.70. The van der Waals surface area contributed by atoms with Crippen molar-refractivity contribution in [2.24, 2.45) is 0 Å². The Hall–Kier alpha value is -3.82. The number of para-hydroxylation sites is 2. The van der Waals surface area contributed by atoms with E-state index >= 15 is 0 Å². The molecule has 0 spiro atoms. The van der Waals surface area contributed by atoms with Gasteiger partial charge in [0.05, 0.1) is 24.2 Å². The molecule has 1 heterocycles. The van der Waals surface area contributed by atoms with Crippen molar-refractivity contribution < 1.29 is 23.1 Å². The van der Waals surface area contributed by atoms with E-state index in [4.69, 9.17) is 4.74 Å². The molecule has 2 aromatic carbocycles. The quantitative estimate of drug-likeness (QED) is 0.662. The molecule has 0 aliphatic rings. The van der Waals surface area contributed by atoms with Gasteiger partial charge in [0.1, 0.15) is 23.9 Å². The molecule has 10 heteroatoms. The topological polar surface area (TPSA) is 98.1 Å². The first kappa shape index (κ1) is 19.9. The summed E-state index contributed by atoms with van der Waals surface area (Å²) in [5.41, 5.74) is 0.658. The number of carbonyl (C=O) groups is 2. The predicted octanol–water partition coefficient (Wildman–Crippen LogP) is 2.76. The number of anilines is 2. The Kier molecular flexibility index (Phi) is 5.82. The van der Waals surface area contributed by atoms with Crippen molar-refractivity contribution in [1.82, 2.24) is 15.0 Å². The van der Waals surface area contributed by atoms with Gasteiger partial charge in [0, 0.05) is 6.07 Å². The molecule has 0 atom stereocenters. The standard InChI is InChI=1S/C19H17F2N5O3/c1-11-18(19(28)23-15-5-3-4-6-16(15)29-2)24-25-26(11)10-17(27)22-14-8-7-12(20)9-13(14)21/h3-9H,10H2,1-2H3,(H,22,27)(H,23,28). The highest BCUT2D eigenvalue weighted by Crippen LogP contribution is 2.23. The van der Waals surface area contributed by atoms with E-state index < -0.39 is 23.4 Å². The van der Waals surface area contributed by atoms with Crippen molar-refractivity contribution in [2.45, 2.75) is 13.5 Å². The Morgan fingerprint density at radius 3 is 2.59 bits per heavy atom. The fraction of sp³-hybridized carbons (Fsp3) is 0.158. The Morgan fingerprint density at radius 1 is 1.10 bits per heavy atom. The van der Waals surface area contributed by atoms with Gasteiger partial charge in [-0.3, -0.25) is 9.59 Å². The van der Waals surface area contributed by atoms with Crippen molar-refractivity contribution in [3.8, 4) is 5.75 Å². The molecular formula is C19H17F2N5O3. The molecule has 2 N–H and O–H groups in total. The second-order valence-corrected chi connectivity index (χ2v) is 6.01. The summed E-state index contributed by atoms with van der Waals surface area (Å²) in [4.78, 5) is 24.6. The van der Waals surface area contributed by atoms with Crippen molar-refractivity contribution in [2.75, 3.05) is 17.7 Å². The average molecular weight is 401 g/mol. The number of methoxy groups -OCH3 is 1. The van der Waals surface area contributed by atoms with Crippen LogP contribution in [0.3, 0.4) is 0 Å². The Morgan fingerprint density at radius 2 is 1.86 bits per heavy atom. The molecule has 0 saturated carbocycles. The summed E-state index contributed by atoms with van der Waals surface area (Å²) in [6, 6.07) is 9.66. The van der Waals surface area contributed by atoms with Crippen LogP contribution in [0.2, 0.25) is 0 Å². The maximum absolute atomic E-state index is 13.7. The zero-order valence-corrected chi connectivity index (χ0v) is 15.6. The summed E-state index contributed by atoms with van der Waals surface area (Å²) >= 11 is 0. The van der Waals surface area contributed by atoms with Gasteiger partial charge in [-0.15, -0.1) is 5.10 Å². The van der Waals surface area contributed by atoms with Crippen LogP contribution in [0.1, 0.15) is 16.2 Å². The molecule has 1 aromatic heterocycles. The third-order valence-electron chi connectivity index (χ3n) is 4.05. The van der Waals surface area contributed by atoms with E-state index in [0.717, 1.165) is 12.1 Å². The minimum atomic E-state index is -0.898. The minimum Gasteiger partial charge on any atom is -0.495 e. The van der Waals surface area contributed by atoms with Crippen molar-refractivity contribution in [3.63, 3.8) is 0 Å². The van der Waals surface area contributed by atoms with Crippen LogP contribution in [0, 0.1) is 18.6 Å². The van der Waals surface area contributed by atoms with Crippen LogP contribution in [-0.4, -0.2) is 33.9 Å². The summed E-state index contributed by atoms with van der Waals surface area (Å²) in [6.07, 6.45) is 0. The molecule has 0 fully saturated rings. The Bertz CT molecular complexity index is 1070. The van der Waals surface area contributed by atoms with Gasteiger partial charge in [-0.1, -0.05) is 17.3 Å². The number of aromatic nitrogens is 3. The number of carbonyl (C=O) groups excluding carboxylic acids is 2. The molecule has 0 bridgehead atoms. The number of halogens is 2. The van der Waals surface area contributed by atoms with E-state index in [2.05, 4.69) is 20.9 Å². The molecular weight excluding hydrogens is 384 g/mol. The maximum Gasteiger partial charge on any atom is 0.278 e. The van der Waals surface area contributed by atoms with Gasteiger partial charge in [0.15, 0.2) is 5.69 Å². The summed E-state index contributed by atoms with van der Waals surface area (Å²) in [7, 11) is 1.48. The molecule has 29 heavy (non-hydrogen) atoms. The van der Waals surface area contributed by atoms with E-state index in [-0.39, 0.29) is 17.9 Å². The highest BCUT2D eigenvalue weighted by atomic mass is 19.1. The first-order valence-corrected chi connectivity index (χ1v) is 8.48. The van der Waals surface area contributed by atoms with Gasteiger partial charge in [-0.2, -0.15) is 0 Å². The number of nitrogens with zero attached hydrogens (tertiary/aromatic N) is 3. The molecule has 8 nitrogen and oxygen atoms in total.